The summed E-state index contributed by atoms with van der Waals surface area (Å²) in [4.78, 5) is 37.2. The molecule has 0 aliphatic rings. The lowest BCUT2D eigenvalue weighted by Crippen LogP contribution is -2.42. The van der Waals surface area contributed by atoms with E-state index in [0.29, 0.717) is 16.1 Å². The van der Waals surface area contributed by atoms with E-state index in [1.165, 1.54) is 0 Å². The van der Waals surface area contributed by atoms with Gasteiger partial charge in [-0.05, 0) is 54.1 Å². The minimum atomic E-state index is -0.413. The molecule has 0 heterocycles. The number of carbonyl (C=O) groups excluding carboxylic acids is 3. The second-order valence-electron chi connectivity index (χ2n) is 6.81. The molecule has 0 radical (unpaired) electrons. The van der Waals surface area contributed by atoms with E-state index < -0.39 is 11.8 Å². The van der Waals surface area contributed by atoms with Gasteiger partial charge in [0.1, 0.15) is 0 Å². The van der Waals surface area contributed by atoms with E-state index in [1.54, 1.807) is 48.2 Å². The van der Waals surface area contributed by atoms with Crippen LogP contribution in [0.3, 0.4) is 0 Å². The van der Waals surface area contributed by atoms with Crippen molar-refractivity contribution in [3.63, 3.8) is 0 Å². The van der Waals surface area contributed by atoms with Crippen molar-refractivity contribution in [3.8, 4) is 0 Å². The summed E-state index contributed by atoms with van der Waals surface area (Å²) < 4.78 is 0. The molecule has 3 aromatic carbocycles. The van der Waals surface area contributed by atoms with Crippen LogP contribution in [0.4, 0.5) is 0 Å². The molecule has 0 aliphatic carbocycles. The maximum Gasteiger partial charge on any atom is 0.269 e. The van der Waals surface area contributed by atoms with Gasteiger partial charge in [-0.1, -0.05) is 41.9 Å². The highest BCUT2D eigenvalue weighted by molar-refractivity contribution is 7.98. The quantitative estimate of drug-likeness (QED) is 0.342. The van der Waals surface area contributed by atoms with Gasteiger partial charge in [0.05, 0.1) is 0 Å². The number of hydrazine groups is 1. The van der Waals surface area contributed by atoms with E-state index in [0.717, 1.165) is 16.2 Å². The third-order valence-corrected chi connectivity index (χ3v) is 5.76. The SMILES string of the molecule is O=C(CCNC(=O)c1ccccc1)NNC(=O)c1ccc(CSc2ccc(Cl)cc2)cc1. The summed E-state index contributed by atoms with van der Waals surface area (Å²) in [5.74, 6) is -0.308. The average Bonchev–Trinajstić information content (AvgIpc) is 2.83. The molecule has 164 valence electrons. The fraction of sp³-hybridized carbons (Fsp3) is 0.125. The van der Waals surface area contributed by atoms with Gasteiger partial charge in [-0.25, -0.2) is 0 Å². The van der Waals surface area contributed by atoms with Gasteiger partial charge in [-0.2, -0.15) is 0 Å². The van der Waals surface area contributed by atoms with Gasteiger partial charge in [0.25, 0.3) is 11.8 Å². The number of thioether (sulfide) groups is 1. The molecule has 3 aromatic rings. The van der Waals surface area contributed by atoms with Crippen LogP contribution >= 0.6 is 23.4 Å². The molecule has 0 atom stereocenters. The largest absolute Gasteiger partial charge is 0.352 e. The van der Waals surface area contributed by atoms with Crippen LogP contribution in [-0.2, 0) is 10.5 Å². The number of hydrogen-bond donors (Lipinski definition) is 3. The zero-order chi connectivity index (χ0) is 22.8. The minimum absolute atomic E-state index is 0.0414. The van der Waals surface area contributed by atoms with Crippen molar-refractivity contribution in [3.05, 3.63) is 101 Å². The summed E-state index contributed by atoms with van der Waals surface area (Å²) in [6, 6.07) is 23.5. The van der Waals surface area contributed by atoms with Crippen LogP contribution in [0.25, 0.3) is 0 Å². The lowest BCUT2D eigenvalue weighted by molar-refractivity contribution is -0.121. The number of amides is 3. The number of rotatable bonds is 8. The second-order valence-corrected chi connectivity index (χ2v) is 8.30. The molecule has 0 fully saturated rings. The van der Waals surface area contributed by atoms with Gasteiger partial charge in [0.2, 0.25) is 5.91 Å². The molecule has 3 N–H and O–H groups in total. The van der Waals surface area contributed by atoms with Crippen molar-refractivity contribution >= 4 is 41.1 Å². The summed E-state index contributed by atoms with van der Waals surface area (Å²) in [5.41, 5.74) is 6.76. The number of carbonyl (C=O) groups is 3. The van der Waals surface area contributed by atoms with Crippen LogP contribution in [0.2, 0.25) is 5.02 Å². The molecule has 6 nitrogen and oxygen atoms in total. The first-order valence-electron chi connectivity index (χ1n) is 9.91. The molecule has 8 heteroatoms. The zero-order valence-corrected chi connectivity index (χ0v) is 18.7. The standard InChI is InChI=1S/C24H22ClN3O3S/c25-20-10-12-21(13-11-20)32-16-17-6-8-19(9-7-17)24(31)28-27-22(29)14-15-26-23(30)18-4-2-1-3-5-18/h1-13H,14-16H2,(H,26,30)(H,27,29)(H,28,31). The Morgan fingerprint density at radius 3 is 2.09 bits per heavy atom. The molecule has 32 heavy (non-hydrogen) atoms. The van der Waals surface area contributed by atoms with Crippen molar-refractivity contribution in [2.24, 2.45) is 0 Å². The van der Waals surface area contributed by atoms with Gasteiger partial charge in [-0.3, -0.25) is 25.2 Å². The molecule has 0 saturated heterocycles. The lowest BCUT2D eigenvalue weighted by Gasteiger charge is -2.09. The fourth-order valence-corrected chi connectivity index (χ4v) is 3.67. The van der Waals surface area contributed by atoms with E-state index in [4.69, 9.17) is 11.6 Å². The lowest BCUT2D eigenvalue weighted by atomic mass is 10.1. The molecule has 0 aliphatic heterocycles. The van der Waals surface area contributed by atoms with E-state index in [-0.39, 0.29) is 18.9 Å². The number of hydrogen-bond acceptors (Lipinski definition) is 4. The van der Waals surface area contributed by atoms with Gasteiger partial charge >= 0.3 is 0 Å². The monoisotopic (exact) mass is 467 g/mol. The molecule has 0 saturated carbocycles. The van der Waals surface area contributed by atoms with E-state index >= 15 is 0 Å². The van der Waals surface area contributed by atoms with E-state index in [2.05, 4.69) is 16.2 Å². The Hall–Kier alpha value is -3.29. The maximum atomic E-state index is 12.2. The number of nitrogens with one attached hydrogen (secondary N) is 3. The summed E-state index contributed by atoms with van der Waals surface area (Å²) in [6.45, 7) is 0.162. The van der Waals surface area contributed by atoms with Gasteiger partial charge in [0, 0.05) is 39.8 Å². The third-order valence-electron chi connectivity index (χ3n) is 4.42. The first-order valence-corrected chi connectivity index (χ1v) is 11.3. The summed E-state index contributed by atoms with van der Waals surface area (Å²) in [7, 11) is 0. The van der Waals surface area contributed by atoms with Crippen LogP contribution in [0.1, 0.15) is 32.7 Å². The topological polar surface area (TPSA) is 87.3 Å². The molecule has 3 rings (SSSR count). The predicted octanol–water partition coefficient (Wildman–Crippen LogP) is 4.21. The second kappa shape index (κ2) is 11.9. The highest BCUT2D eigenvalue weighted by Gasteiger charge is 2.09. The van der Waals surface area contributed by atoms with Crippen LogP contribution in [0.5, 0.6) is 0 Å². The average molecular weight is 468 g/mol. The Labute approximate surface area is 195 Å². The van der Waals surface area contributed by atoms with Gasteiger partial charge < -0.3 is 5.32 Å². The Balaban J connectivity index is 1.37. The van der Waals surface area contributed by atoms with Crippen LogP contribution in [0.15, 0.2) is 83.8 Å². The molecule has 0 bridgehead atoms. The molecule has 0 spiro atoms. The van der Waals surface area contributed by atoms with Crippen molar-refractivity contribution in [1.82, 2.24) is 16.2 Å². The molecular weight excluding hydrogens is 446 g/mol. The van der Waals surface area contributed by atoms with Crippen LogP contribution < -0.4 is 16.2 Å². The minimum Gasteiger partial charge on any atom is -0.352 e. The molecular formula is C24H22ClN3O3S. The first kappa shape index (κ1) is 23.4. The third kappa shape index (κ3) is 7.44. The van der Waals surface area contributed by atoms with Crippen LogP contribution in [0, 0.1) is 0 Å². The van der Waals surface area contributed by atoms with E-state index in [1.807, 2.05) is 42.5 Å². The highest BCUT2D eigenvalue weighted by Crippen LogP contribution is 2.24. The Kier molecular flexibility index (Phi) is 8.71. The predicted molar refractivity (Wildman–Crippen MR) is 126 cm³/mol. The maximum absolute atomic E-state index is 12.2. The Bertz CT molecular complexity index is 1060. The summed E-state index contributed by atoms with van der Waals surface area (Å²) >= 11 is 7.56. The summed E-state index contributed by atoms with van der Waals surface area (Å²) in [5, 5.41) is 3.36. The highest BCUT2D eigenvalue weighted by atomic mass is 35.5. The van der Waals surface area contributed by atoms with Gasteiger partial charge in [-0.15, -0.1) is 11.8 Å². The fourth-order valence-electron chi connectivity index (χ4n) is 2.69. The van der Waals surface area contributed by atoms with Crippen molar-refractivity contribution in [2.45, 2.75) is 17.1 Å². The Morgan fingerprint density at radius 1 is 0.750 bits per heavy atom. The van der Waals surface area contributed by atoms with Crippen molar-refractivity contribution < 1.29 is 14.4 Å². The van der Waals surface area contributed by atoms with Crippen molar-refractivity contribution in [2.75, 3.05) is 6.54 Å². The first-order chi connectivity index (χ1) is 15.5. The summed E-state index contributed by atoms with van der Waals surface area (Å²) in [6.07, 6.45) is 0.0414. The molecule has 3 amide bonds. The molecule has 0 unspecified atom stereocenters. The Morgan fingerprint density at radius 2 is 1.41 bits per heavy atom. The van der Waals surface area contributed by atoms with Crippen molar-refractivity contribution in [1.29, 1.82) is 0 Å². The van der Waals surface area contributed by atoms with Crippen LogP contribution in [-0.4, -0.2) is 24.3 Å². The van der Waals surface area contributed by atoms with E-state index in [9.17, 15) is 14.4 Å². The number of benzene rings is 3. The number of halogens is 1. The normalized spacial score (nSPS) is 10.3. The zero-order valence-electron chi connectivity index (χ0n) is 17.1. The molecule has 0 aromatic heterocycles. The smallest absolute Gasteiger partial charge is 0.269 e. The van der Waals surface area contributed by atoms with Gasteiger partial charge in [0.15, 0.2) is 0 Å².